The smallest absolute Gasteiger partial charge is 0.223 e. The lowest BCUT2D eigenvalue weighted by atomic mass is 9.97. The van der Waals surface area contributed by atoms with E-state index in [4.69, 9.17) is 32.7 Å². The van der Waals surface area contributed by atoms with Crippen molar-refractivity contribution >= 4 is 51.7 Å². The molecule has 1 fully saturated rings. The first-order valence-corrected chi connectivity index (χ1v) is 12.1. The minimum atomic E-state index is -0.156. The van der Waals surface area contributed by atoms with Crippen molar-refractivity contribution in [1.82, 2.24) is 14.9 Å². The Bertz CT molecular complexity index is 1320. The van der Waals surface area contributed by atoms with Crippen molar-refractivity contribution in [2.45, 2.75) is 19.4 Å². The molecule has 0 bridgehead atoms. The number of likely N-dealkylation sites (tertiary alicyclic amines) is 1. The van der Waals surface area contributed by atoms with Gasteiger partial charge in [-0.25, -0.2) is 9.97 Å². The third-order valence-corrected chi connectivity index (χ3v) is 7.08. The number of aromatic nitrogens is 2. The molecule has 2 heterocycles. The Labute approximate surface area is 219 Å². The van der Waals surface area contributed by atoms with Gasteiger partial charge in [0, 0.05) is 55.6 Å². The molecule has 10 heteroatoms. The van der Waals surface area contributed by atoms with E-state index in [1.165, 1.54) is 27.2 Å². The highest BCUT2D eigenvalue weighted by Gasteiger charge is 2.35. The van der Waals surface area contributed by atoms with Crippen molar-refractivity contribution in [3.63, 3.8) is 0 Å². The highest BCUT2D eigenvalue weighted by Crippen LogP contribution is 2.46. The third-order valence-electron chi connectivity index (χ3n) is 6.33. The Morgan fingerprint density at radius 2 is 1.86 bits per heavy atom. The van der Waals surface area contributed by atoms with Crippen LogP contribution in [0.1, 0.15) is 13.3 Å². The maximum Gasteiger partial charge on any atom is 0.223 e. The Morgan fingerprint density at radius 1 is 1.17 bits per heavy atom. The molecule has 2 aromatic carbocycles. The van der Waals surface area contributed by atoms with Gasteiger partial charge in [0.2, 0.25) is 11.9 Å². The molecule has 1 aliphatic rings. The minimum Gasteiger partial charge on any atom is -0.495 e. The number of fused-ring (bicyclic) bond motifs is 1. The quantitative estimate of drug-likeness (QED) is 0.410. The summed E-state index contributed by atoms with van der Waals surface area (Å²) in [5.41, 5.74) is 2.05. The summed E-state index contributed by atoms with van der Waals surface area (Å²) in [6, 6.07) is 7.10. The fourth-order valence-corrected chi connectivity index (χ4v) is 5.12. The van der Waals surface area contributed by atoms with Crippen molar-refractivity contribution in [2.24, 2.45) is 5.92 Å². The first-order valence-electron chi connectivity index (χ1n) is 11.3. The molecule has 1 N–H and O–H groups in total. The number of ether oxygens (including phenoxy) is 2. The van der Waals surface area contributed by atoms with E-state index in [1.54, 1.807) is 17.2 Å². The topological polar surface area (TPSA) is 93.7 Å². The highest BCUT2D eigenvalue weighted by atomic mass is 35.5. The van der Waals surface area contributed by atoms with E-state index in [9.17, 15) is 9.59 Å². The number of amides is 1. The van der Waals surface area contributed by atoms with Crippen LogP contribution in [0.15, 0.2) is 43.1 Å². The predicted molar refractivity (Wildman–Crippen MR) is 141 cm³/mol. The van der Waals surface area contributed by atoms with E-state index in [1.807, 2.05) is 18.2 Å². The number of benzene rings is 2. The fourth-order valence-electron chi connectivity index (χ4n) is 4.40. The molecule has 2 atom stereocenters. The molecule has 0 spiro atoms. The molecule has 2 unspecified atom stereocenters. The second-order valence-electron chi connectivity index (χ2n) is 8.56. The van der Waals surface area contributed by atoms with Gasteiger partial charge in [-0.1, -0.05) is 35.8 Å². The molecule has 1 aliphatic heterocycles. The van der Waals surface area contributed by atoms with Gasteiger partial charge in [-0.2, -0.15) is 0 Å². The van der Waals surface area contributed by atoms with Crippen molar-refractivity contribution in [2.75, 3.05) is 32.6 Å². The van der Waals surface area contributed by atoms with Crippen LogP contribution in [0.2, 0.25) is 10.0 Å². The van der Waals surface area contributed by atoms with Crippen LogP contribution in [0, 0.1) is 5.92 Å². The first-order chi connectivity index (χ1) is 17.2. The van der Waals surface area contributed by atoms with Crippen molar-refractivity contribution in [3.8, 4) is 22.6 Å². The van der Waals surface area contributed by atoms with Crippen LogP contribution in [0.4, 0.5) is 5.95 Å². The number of halogens is 2. The van der Waals surface area contributed by atoms with Crippen LogP contribution in [0.25, 0.3) is 22.0 Å². The standard InChI is InChI=1S/C26H26Cl2N4O4/c1-5-18(34)9-17-12-32(14(2)33)13-20(17)31-26-29-11-16-8-15(6-7-19(16)30-26)23-24(27)21(35-3)10-22(36-4)25(23)28/h5-8,10-11,17,20H,1,9,12-13H2,2-4H3,(H,29,30,31). The molecule has 36 heavy (non-hydrogen) atoms. The molecule has 1 aromatic heterocycles. The van der Waals surface area contributed by atoms with Crippen molar-refractivity contribution in [3.05, 3.63) is 53.2 Å². The molecule has 0 saturated carbocycles. The molecule has 1 amide bonds. The third kappa shape index (κ3) is 5.10. The zero-order chi connectivity index (χ0) is 26.0. The Balaban J connectivity index is 1.64. The maximum absolute atomic E-state index is 12.0. The van der Waals surface area contributed by atoms with E-state index >= 15 is 0 Å². The second kappa shape index (κ2) is 10.7. The molecule has 188 valence electrons. The van der Waals surface area contributed by atoms with Crippen LogP contribution in [0.5, 0.6) is 11.5 Å². The van der Waals surface area contributed by atoms with E-state index in [-0.39, 0.29) is 23.7 Å². The normalized spacial score (nSPS) is 17.2. The molecule has 0 radical (unpaired) electrons. The number of hydrogen-bond acceptors (Lipinski definition) is 7. The van der Waals surface area contributed by atoms with Crippen molar-refractivity contribution < 1.29 is 19.1 Å². The first kappa shape index (κ1) is 25.7. The number of rotatable bonds is 8. The SMILES string of the molecule is C=CC(=O)CC1CN(C(C)=O)CC1Nc1ncc2cc(-c3c(Cl)c(OC)cc(OC)c3Cl)ccc2n1. The summed E-state index contributed by atoms with van der Waals surface area (Å²) in [4.78, 5) is 34.7. The lowest BCUT2D eigenvalue weighted by Crippen LogP contribution is -2.31. The monoisotopic (exact) mass is 528 g/mol. The number of carbonyl (C=O) groups excluding carboxylic acids is 2. The minimum absolute atomic E-state index is 0.0335. The molecule has 1 saturated heterocycles. The van der Waals surface area contributed by atoms with Gasteiger partial charge in [-0.15, -0.1) is 0 Å². The van der Waals surface area contributed by atoms with E-state index in [0.29, 0.717) is 58.1 Å². The van der Waals surface area contributed by atoms with E-state index in [0.717, 1.165) is 10.9 Å². The summed E-state index contributed by atoms with van der Waals surface area (Å²) in [5.74, 6) is 1.16. The second-order valence-corrected chi connectivity index (χ2v) is 9.32. The molecule has 3 aromatic rings. The number of ketones is 1. The van der Waals surface area contributed by atoms with Gasteiger partial charge < -0.3 is 19.7 Å². The number of allylic oxidation sites excluding steroid dienone is 1. The molecule has 4 rings (SSSR count). The largest absolute Gasteiger partial charge is 0.495 e. The summed E-state index contributed by atoms with van der Waals surface area (Å²) >= 11 is 13.2. The zero-order valence-electron chi connectivity index (χ0n) is 20.2. The molecule has 0 aliphatic carbocycles. The van der Waals surface area contributed by atoms with Gasteiger partial charge in [-0.3, -0.25) is 9.59 Å². The number of anilines is 1. The Hall–Kier alpha value is -3.36. The van der Waals surface area contributed by atoms with Gasteiger partial charge in [-0.05, 0) is 23.8 Å². The number of carbonyl (C=O) groups is 2. The van der Waals surface area contributed by atoms with Crippen LogP contribution >= 0.6 is 23.2 Å². The number of nitrogens with zero attached hydrogens (tertiary/aromatic N) is 3. The Morgan fingerprint density at radius 3 is 2.47 bits per heavy atom. The fraction of sp³-hybridized carbons (Fsp3) is 0.308. The van der Waals surface area contributed by atoms with Crippen LogP contribution < -0.4 is 14.8 Å². The Kier molecular flexibility index (Phi) is 7.66. The average molecular weight is 529 g/mol. The van der Waals surface area contributed by atoms with Gasteiger partial charge in [0.25, 0.3) is 0 Å². The van der Waals surface area contributed by atoms with Gasteiger partial charge in [0.15, 0.2) is 5.78 Å². The van der Waals surface area contributed by atoms with E-state index in [2.05, 4.69) is 21.9 Å². The average Bonchev–Trinajstić information content (AvgIpc) is 3.26. The molecular formula is C26H26Cl2N4O4. The van der Waals surface area contributed by atoms with Gasteiger partial charge in [0.1, 0.15) is 11.5 Å². The zero-order valence-corrected chi connectivity index (χ0v) is 21.7. The summed E-state index contributed by atoms with van der Waals surface area (Å²) in [6.45, 7) is 6.04. The number of hydrogen-bond donors (Lipinski definition) is 1. The lowest BCUT2D eigenvalue weighted by Gasteiger charge is -2.19. The molecular weight excluding hydrogens is 503 g/mol. The summed E-state index contributed by atoms with van der Waals surface area (Å²) < 4.78 is 10.8. The van der Waals surface area contributed by atoms with Crippen molar-refractivity contribution in [1.29, 1.82) is 0 Å². The van der Waals surface area contributed by atoms with Crippen LogP contribution in [-0.4, -0.2) is 59.9 Å². The summed E-state index contributed by atoms with van der Waals surface area (Å²) in [5, 5.41) is 4.84. The van der Waals surface area contributed by atoms with Gasteiger partial charge in [0.05, 0.1) is 35.8 Å². The highest BCUT2D eigenvalue weighted by molar-refractivity contribution is 6.41. The number of nitrogens with one attached hydrogen (secondary N) is 1. The molecule has 8 nitrogen and oxygen atoms in total. The van der Waals surface area contributed by atoms with Crippen LogP contribution in [-0.2, 0) is 9.59 Å². The lowest BCUT2D eigenvalue weighted by molar-refractivity contribution is -0.128. The van der Waals surface area contributed by atoms with Gasteiger partial charge >= 0.3 is 0 Å². The summed E-state index contributed by atoms with van der Waals surface area (Å²) in [6.07, 6.45) is 3.32. The van der Waals surface area contributed by atoms with Crippen LogP contribution in [0.3, 0.4) is 0 Å². The van der Waals surface area contributed by atoms with E-state index < -0.39 is 0 Å². The maximum atomic E-state index is 12.0. The predicted octanol–water partition coefficient (Wildman–Crippen LogP) is 5.02. The summed E-state index contributed by atoms with van der Waals surface area (Å²) in [7, 11) is 3.05. The number of methoxy groups -OCH3 is 2.